The number of nitrogens with one attached hydrogen (secondary N) is 3. The maximum atomic E-state index is 13.2. The molecular weight excluding hydrogens is 1320 g/mol. The molecular formula is C46H60N7O28P3S4. The number of aromatic carboxylic acids is 1. The molecule has 14 N–H and O–H groups in total. The second kappa shape index (κ2) is 30.7. The number of amides is 2. The van der Waals surface area contributed by atoms with E-state index in [-0.39, 0.29) is 124 Å². The second-order valence-corrected chi connectivity index (χ2v) is 29.1. The van der Waals surface area contributed by atoms with Crippen LogP contribution in [-0.4, -0.2) is 173 Å². The number of hydrogen-bond donors (Lipinski definition) is 12. The molecule has 1 fully saturated rings. The Morgan fingerprint density at radius 3 is 2.07 bits per heavy atom. The Hall–Kier alpha value is -5.29. The zero-order valence-electron chi connectivity index (χ0n) is 46.1. The topological polar surface area (TPSA) is 543 Å². The van der Waals surface area contributed by atoms with Gasteiger partial charge >= 0.3 is 35.1 Å². The summed E-state index contributed by atoms with van der Waals surface area (Å²) in [4.78, 5) is 89.5. The number of carbonyl (C=O) groups is 3. The molecule has 486 valence electrons. The normalized spacial score (nSPS) is 17.2. The quantitative estimate of drug-likeness (QED) is 0.00528. The van der Waals surface area contributed by atoms with E-state index in [1.54, 1.807) is 0 Å². The van der Waals surface area contributed by atoms with Gasteiger partial charge in [0.05, 0.1) is 82.2 Å². The highest BCUT2D eigenvalue weighted by Crippen LogP contribution is 2.66. The molecule has 6 rings (SSSR count). The Morgan fingerprint density at radius 2 is 1.45 bits per heavy atom. The standard InChI is InChI=1S/C46H60N7O28P3S4/c1-46(2,86-85-25-76-33-22-37(53-12-9-35(49)52-45(53)58)78-34(33)23-77-83(62,63)81-84(64,65)80-82(59,60)61)24-51-36(54)10-13-72-15-17-74-19-20-75-18-16-73-14-11-50-43(55)26-3-4-27(30(21-26)44(56)57)38-28-5-7-31(47)41(87(66,67)68)39(28)79-40-29(38)6-8-32(48)42(40)88(69,70)71/h3-9,12,21,33-34,37,47H,10-11,13-20,22-25,48H2,1-2H3,(H,50,55)(H,51,54)(H,56,57)(H,62,63)(H,64,65)(H2,49,52,58)(H2,59,60,61)(H,66,67,68)(H,69,70,71)/t33?,34?,37-/m1/s1. The van der Waals surface area contributed by atoms with Crippen LogP contribution in [0.1, 0.15) is 53.6 Å². The highest BCUT2D eigenvalue weighted by molar-refractivity contribution is 8.77. The minimum absolute atomic E-state index is 0.0152. The first-order chi connectivity index (χ1) is 41.1. The van der Waals surface area contributed by atoms with Crippen molar-refractivity contribution in [3.63, 3.8) is 0 Å². The van der Waals surface area contributed by atoms with Gasteiger partial charge in [-0.15, -0.1) is 0 Å². The fraction of sp³-hybridized carbons (Fsp3) is 0.435. The summed E-state index contributed by atoms with van der Waals surface area (Å²) in [5, 5.41) is 23.0. The van der Waals surface area contributed by atoms with Crippen LogP contribution in [-0.2, 0) is 80.3 Å². The zero-order chi connectivity index (χ0) is 65.0. The van der Waals surface area contributed by atoms with E-state index in [0.717, 1.165) is 22.8 Å². The predicted molar refractivity (Wildman–Crippen MR) is 309 cm³/mol. The van der Waals surface area contributed by atoms with Crippen LogP contribution in [0.4, 0.5) is 11.5 Å². The van der Waals surface area contributed by atoms with Gasteiger partial charge in [-0.1, -0.05) is 27.7 Å². The Balaban J connectivity index is 0.844. The SMILES string of the molecule is CC(C)(CNC(=O)CCOCCOCCOCCOCCNC(=O)c1ccc(-c2c3ccc(=N)c(S(=O)(=O)O)c-3oc3c(S(=O)(=O)O)c(N)ccc23)c(C(=O)O)c1)SSCOC1C[C@H](n2ccc(N)nc2=O)OC1COP(=O)(O)OP(=O)(O)OP(=O)(O)O. The van der Waals surface area contributed by atoms with Gasteiger partial charge in [0.1, 0.15) is 24.1 Å². The average Bonchev–Trinajstić information content (AvgIpc) is 0.885. The van der Waals surface area contributed by atoms with E-state index in [0.29, 0.717) is 0 Å². The number of fused-ring (bicyclic) bond motifs is 2. The largest absolute Gasteiger partial charge is 0.490 e. The fourth-order valence-electron chi connectivity index (χ4n) is 8.18. The second-order valence-electron chi connectivity index (χ2n) is 19.0. The lowest BCUT2D eigenvalue weighted by molar-refractivity contribution is -0.122. The van der Waals surface area contributed by atoms with Crippen molar-refractivity contribution in [3.8, 4) is 22.5 Å². The maximum Gasteiger partial charge on any atom is 0.490 e. The molecule has 1 aliphatic carbocycles. The van der Waals surface area contributed by atoms with Gasteiger partial charge in [0, 0.05) is 59.0 Å². The minimum Gasteiger partial charge on any atom is -0.478 e. The lowest BCUT2D eigenvalue weighted by atomic mass is 9.89. The van der Waals surface area contributed by atoms with E-state index in [9.17, 15) is 73.7 Å². The molecule has 4 unspecified atom stereocenters. The molecule has 3 aromatic rings. The molecule has 88 heavy (non-hydrogen) atoms. The Bertz CT molecular complexity index is 3830. The van der Waals surface area contributed by atoms with Gasteiger partial charge in [-0.3, -0.25) is 33.2 Å². The number of phosphoric ester groups is 1. The van der Waals surface area contributed by atoms with Crippen molar-refractivity contribution in [1.29, 1.82) is 5.41 Å². The van der Waals surface area contributed by atoms with E-state index in [4.69, 9.17) is 64.0 Å². The molecule has 2 aromatic carbocycles. The summed E-state index contributed by atoms with van der Waals surface area (Å²) < 4.78 is 157. The van der Waals surface area contributed by atoms with Crippen LogP contribution >= 0.6 is 45.1 Å². The molecule has 5 atom stereocenters. The number of ether oxygens (including phenoxy) is 6. The van der Waals surface area contributed by atoms with Crippen LogP contribution in [0, 0.1) is 5.41 Å². The third-order valence-corrected chi connectivity index (χ3v) is 20.5. The molecule has 0 saturated carbocycles. The van der Waals surface area contributed by atoms with Crippen LogP contribution < -0.4 is 33.1 Å². The number of anilines is 2. The number of hydrogen-bond acceptors (Lipinski definition) is 27. The molecule has 3 aliphatic rings. The fourth-order valence-corrected chi connectivity index (χ4v) is 14.9. The minimum atomic E-state index is -5.80. The summed E-state index contributed by atoms with van der Waals surface area (Å²) >= 11 is 0. The summed E-state index contributed by atoms with van der Waals surface area (Å²) in [6.07, 6.45) is -1.89. The molecule has 0 radical (unpaired) electrons. The van der Waals surface area contributed by atoms with Gasteiger partial charge in [-0.05, 0) is 61.9 Å². The van der Waals surface area contributed by atoms with E-state index in [1.165, 1.54) is 58.1 Å². The number of aromatic nitrogens is 2. The van der Waals surface area contributed by atoms with Crippen molar-refractivity contribution in [2.75, 3.05) is 90.0 Å². The lowest BCUT2D eigenvalue weighted by Crippen LogP contribution is -2.36. The molecule has 1 aromatic heterocycles. The number of carboxylic acids is 1. The van der Waals surface area contributed by atoms with E-state index >= 15 is 0 Å². The summed E-state index contributed by atoms with van der Waals surface area (Å²) in [6.45, 7) is 4.31. The summed E-state index contributed by atoms with van der Waals surface area (Å²) in [5.41, 5.74) is 8.20. The third kappa shape index (κ3) is 20.9. The number of nitrogens with zero attached hydrogens (tertiary/aromatic N) is 2. The van der Waals surface area contributed by atoms with E-state index in [2.05, 4.69) is 24.2 Å². The van der Waals surface area contributed by atoms with Crippen LogP contribution in [0.5, 0.6) is 0 Å². The Labute approximate surface area is 507 Å². The van der Waals surface area contributed by atoms with Crippen LogP contribution in [0.15, 0.2) is 73.7 Å². The van der Waals surface area contributed by atoms with Crippen molar-refractivity contribution in [1.82, 2.24) is 20.2 Å². The van der Waals surface area contributed by atoms with Gasteiger partial charge in [0.15, 0.2) is 21.1 Å². The molecule has 3 heterocycles. The van der Waals surface area contributed by atoms with Crippen molar-refractivity contribution in [2.45, 2.75) is 59.7 Å². The highest BCUT2D eigenvalue weighted by atomic mass is 33.1. The van der Waals surface area contributed by atoms with Gasteiger partial charge < -0.3 is 79.6 Å². The van der Waals surface area contributed by atoms with E-state index in [1.807, 2.05) is 13.8 Å². The number of carbonyl (C=O) groups excluding carboxylic acids is 2. The van der Waals surface area contributed by atoms with Crippen LogP contribution in [0.2, 0.25) is 0 Å². The van der Waals surface area contributed by atoms with Crippen molar-refractivity contribution in [2.24, 2.45) is 0 Å². The first kappa shape index (κ1) is 71.8. The first-order valence-corrected chi connectivity index (χ1v) is 35.0. The van der Waals surface area contributed by atoms with Gasteiger partial charge in [0.25, 0.3) is 26.1 Å². The number of benzene rings is 3. The average molecular weight is 1380 g/mol. The predicted octanol–water partition coefficient (Wildman–Crippen LogP) is 2.73. The van der Waals surface area contributed by atoms with Gasteiger partial charge in [-0.2, -0.15) is 30.4 Å². The summed E-state index contributed by atoms with van der Waals surface area (Å²) in [7, 11) is -24.8. The summed E-state index contributed by atoms with van der Waals surface area (Å²) in [6, 6.07) is 9.25. The number of phosphoric acid groups is 3. The summed E-state index contributed by atoms with van der Waals surface area (Å²) in [5.74, 6) is -3.42. The van der Waals surface area contributed by atoms with E-state index < -0.39 is 129 Å². The maximum absolute atomic E-state index is 13.2. The van der Waals surface area contributed by atoms with Crippen LogP contribution in [0.25, 0.3) is 33.4 Å². The third-order valence-electron chi connectivity index (χ3n) is 11.9. The smallest absolute Gasteiger partial charge is 0.478 e. The van der Waals surface area contributed by atoms with Gasteiger partial charge in [-0.25, -0.2) is 23.3 Å². The Kier molecular flexibility index (Phi) is 25.0. The molecule has 2 amide bonds. The number of rotatable bonds is 35. The number of carboxylic acid groups (broad SMARTS) is 1. The molecule has 0 spiro atoms. The van der Waals surface area contributed by atoms with Crippen LogP contribution in [0.3, 0.4) is 0 Å². The Morgan fingerprint density at radius 1 is 0.830 bits per heavy atom. The first-order valence-electron chi connectivity index (χ1n) is 25.3. The van der Waals surface area contributed by atoms with Crippen molar-refractivity contribution in [3.05, 3.63) is 81.7 Å². The highest BCUT2D eigenvalue weighted by Gasteiger charge is 2.44. The molecule has 2 aliphatic heterocycles. The monoisotopic (exact) mass is 1380 g/mol. The molecule has 1 saturated heterocycles. The lowest BCUT2D eigenvalue weighted by Gasteiger charge is -2.24. The van der Waals surface area contributed by atoms with Crippen molar-refractivity contribution >= 4 is 106 Å². The van der Waals surface area contributed by atoms with Crippen molar-refractivity contribution < 1.29 is 125 Å². The zero-order valence-corrected chi connectivity index (χ0v) is 52.0. The molecule has 35 nitrogen and oxygen atoms in total. The van der Waals surface area contributed by atoms with Gasteiger partial charge in [0.2, 0.25) is 5.91 Å². The number of nitrogen functional groups attached to an aromatic ring is 2. The molecule has 0 bridgehead atoms. The molecule has 42 heteroatoms. The number of nitrogens with two attached hydrogens (primary N) is 2.